The van der Waals surface area contributed by atoms with E-state index in [0.29, 0.717) is 17.4 Å². The standard InChI is InChI=1S/C18H26ClN3O/c1-4-15(20-16-10-9-14(19)11-13(16)3)18(23)22-21-17-8-6-5-7-12(17)2/h9-12,15,20H,4-8H2,1-3H3,(H,22,23). The second-order valence-corrected chi connectivity index (χ2v) is 6.73. The van der Waals surface area contributed by atoms with E-state index in [9.17, 15) is 4.79 Å². The fourth-order valence-electron chi connectivity index (χ4n) is 2.87. The Morgan fingerprint density at radius 2 is 2.22 bits per heavy atom. The Labute approximate surface area is 143 Å². The summed E-state index contributed by atoms with van der Waals surface area (Å²) in [4.78, 5) is 12.4. The molecule has 2 unspecified atom stereocenters. The van der Waals surface area contributed by atoms with Gasteiger partial charge in [-0.3, -0.25) is 4.79 Å². The summed E-state index contributed by atoms with van der Waals surface area (Å²) in [6.07, 6.45) is 5.26. The number of nitrogens with zero attached hydrogens (tertiary/aromatic N) is 1. The van der Waals surface area contributed by atoms with Crippen molar-refractivity contribution >= 4 is 28.9 Å². The molecule has 23 heavy (non-hydrogen) atoms. The first-order chi connectivity index (χ1) is 11.0. The van der Waals surface area contributed by atoms with E-state index in [0.717, 1.165) is 29.8 Å². The van der Waals surface area contributed by atoms with Crippen LogP contribution in [-0.2, 0) is 4.79 Å². The minimum absolute atomic E-state index is 0.0906. The Morgan fingerprint density at radius 3 is 2.87 bits per heavy atom. The van der Waals surface area contributed by atoms with Crippen molar-refractivity contribution in [3.05, 3.63) is 28.8 Å². The number of rotatable bonds is 5. The highest BCUT2D eigenvalue weighted by molar-refractivity contribution is 6.30. The van der Waals surface area contributed by atoms with Crippen molar-refractivity contribution in [3.63, 3.8) is 0 Å². The molecule has 0 bridgehead atoms. The number of aryl methyl sites for hydroxylation is 1. The summed E-state index contributed by atoms with van der Waals surface area (Å²) >= 11 is 5.97. The number of hydrogen-bond donors (Lipinski definition) is 2. The van der Waals surface area contributed by atoms with Gasteiger partial charge >= 0.3 is 0 Å². The summed E-state index contributed by atoms with van der Waals surface area (Å²) in [6.45, 7) is 6.14. The minimum atomic E-state index is -0.307. The van der Waals surface area contributed by atoms with Crippen LogP contribution in [0.1, 0.15) is 51.5 Å². The highest BCUT2D eigenvalue weighted by Crippen LogP contribution is 2.22. The lowest BCUT2D eigenvalue weighted by Crippen LogP contribution is -2.38. The van der Waals surface area contributed by atoms with E-state index in [1.54, 1.807) is 0 Å². The molecule has 2 atom stereocenters. The molecule has 1 aliphatic rings. The third kappa shape index (κ3) is 4.96. The Hall–Kier alpha value is -1.55. The molecule has 1 aromatic carbocycles. The average Bonchev–Trinajstić information content (AvgIpc) is 2.53. The molecule has 2 N–H and O–H groups in total. The first-order valence-electron chi connectivity index (χ1n) is 8.40. The van der Waals surface area contributed by atoms with Gasteiger partial charge in [-0.2, -0.15) is 5.10 Å². The summed E-state index contributed by atoms with van der Waals surface area (Å²) in [7, 11) is 0. The van der Waals surface area contributed by atoms with Gasteiger partial charge in [-0.05, 0) is 62.3 Å². The predicted octanol–water partition coefficient (Wildman–Crippen LogP) is 4.52. The van der Waals surface area contributed by atoms with Crippen LogP contribution in [0.25, 0.3) is 0 Å². The second-order valence-electron chi connectivity index (χ2n) is 6.29. The zero-order chi connectivity index (χ0) is 16.8. The summed E-state index contributed by atoms with van der Waals surface area (Å²) in [5, 5.41) is 8.35. The van der Waals surface area contributed by atoms with Crippen molar-refractivity contribution in [2.45, 2.75) is 58.9 Å². The molecule has 0 aliphatic heterocycles. The lowest BCUT2D eigenvalue weighted by molar-refractivity contribution is -0.121. The van der Waals surface area contributed by atoms with E-state index in [4.69, 9.17) is 11.6 Å². The van der Waals surface area contributed by atoms with Gasteiger partial charge in [-0.15, -0.1) is 0 Å². The largest absolute Gasteiger partial charge is 0.373 e. The molecule has 1 amide bonds. The second kappa shape index (κ2) is 8.34. The fourth-order valence-corrected chi connectivity index (χ4v) is 3.10. The van der Waals surface area contributed by atoms with Crippen LogP contribution >= 0.6 is 11.6 Å². The molecule has 1 saturated carbocycles. The smallest absolute Gasteiger partial charge is 0.262 e. The molecular formula is C18H26ClN3O. The maximum Gasteiger partial charge on any atom is 0.262 e. The monoisotopic (exact) mass is 335 g/mol. The van der Waals surface area contributed by atoms with Crippen LogP contribution in [0.2, 0.25) is 5.02 Å². The lowest BCUT2D eigenvalue weighted by atomic mass is 9.89. The van der Waals surface area contributed by atoms with Gasteiger partial charge in [0.15, 0.2) is 0 Å². The number of halogens is 1. The number of amides is 1. The normalized spacial score (nSPS) is 21.0. The third-order valence-corrected chi connectivity index (χ3v) is 4.68. The van der Waals surface area contributed by atoms with E-state index < -0.39 is 0 Å². The van der Waals surface area contributed by atoms with E-state index in [2.05, 4.69) is 22.8 Å². The van der Waals surface area contributed by atoms with Crippen molar-refractivity contribution in [2.24, 2.45) is 11.0 Å². The van der Waals surface area contributed by atoms with Gasteiger partial charge in [0.05, 0.1) is 0 Å². The zero-order valence-corrected chi connectivity index (χ0v) is 14.9. The minimum Gasteiger partial charge on any atom is -0.373 e. The number of carbonyl (C=O) groups is 1. The van der Waals surface area contributed by atoms with Crippen LogP contribution in [0, 0.1) is 12.8 Å². The van der Waals surface area contributed by atoms with Gasteiger partial charge in [0, 0.05) is 16.4 Å². The number of hydrogen-bond acceptors (Lipinski definition) is 3. The summed E-state index contributed by atoms with van der Waals surface area (Å²) < 4.78 is 0. The number of nitrogens with one attached hydrogen (secondary N) is 2. The van der Waals surface area contributed by atoms with Crippen LogP contribution in [0.3, 0.4) is 0 Å². The lowest BCUT2D eigenvalue weighted by Gasteiger charge is -2.21. The molecule has 0 aromatic heterocycles. The van der Waals surface area contributed by atoms with Crippen LogP contribution in [0.4, 0.5) is 5.69 Å². The molecule has 126 valence electrons. The molecule has 0 radical (unpaired) electrons. The number of anilines is 1. The van der Waals surface area contributed by atoms with Gasteiger partial charge in [0.2, 0.25) is 0 Å². The summed E-state index contributed by atoms with van der Waals surface area (Å²) in [5.41, 5.74) is 5.81. The topological polar surface area (TPSA) is 53.5 Å². The van der Waals surface area contributed by atoms with Crippen molar-refractivity contribution in [2.75, 3.05) is 5.32 Å². The molecule has 0 spiro atoms. The Bertz CT molecular complexity index is 586. The van der Waals surface area contributed by atoms with E-state index >= 15 is 0 Å². The van der Waals surface area contributed by atoms with Gasteiger partial charge in [-0.1, -0.05) is 31.9 Å². The van der Waals surface area contributed by atoms with Gasteiger partial charge < -0.3 is 5.32 Å². The average molecular weight is 336 g/mol. The van der Waals surface area contributed by atoms with Gasteiger partial charge in [0.25, 0.3) is 5.91 Å². The fraction of sp³-hybridized carbons (Fsp3) is 0.556. The molecule has 5 heteroatoms. The third-order valence-electron chi connectivity index (χ3n) is 4.44. The van der Waals surface area contributed by atoms with E-state index in [1.807, 2.05) is 32.0 Å². The first kappa shape index (κ1) is 17.8. The zero-order valence-electron chi connectivity index (χ0n) is 14.2. The molecule has 1 fully saturated rings. The number of carbonyl (C=O) groups excluding carboxylic acids is 1. The Morgan fingerprint density at radius 1 is 1.43 bits per heavy atom. The van der Waals surface area contributed by atoms with Crippen LogP contribution in [0.15, 0.2) is 23.3 Å². The van der Waals surface area contributed by atoms with E-state index in [1.165, 1.54) is 12.8 Å². The van der Waals surface area contributed by atoms with Gasteiger partial charge in [0.1, 0.15) is 6.04 Å². The van der Waals surface area contributed by atoms with Crippen LogP contribution in [-0.4, -0.2) is 17.7 Å². The maximum atomic E-state index is 12.4. The highest BCUT2D eigenvalue weighted by atomic mass is 35.5. The highest BCUT2D eigenvalue weighted by Gasteiger charge is 2.19. The molecule has 1 aliphatic carbocycles. The SMILES string of the molecule is CCC(Nc1ccc(Cl)cc1C)C(=O)NN=C1CCCCC1C. The van der Waals surface area contributed by atoms with Crippen LogP contribution < -0.4 is 10.7 Å². The quantitative estimate of drug-likeness (QED) is 0.777. The van der Waals surface area contributed by atoms with Gasteiger partial charge in [-0.25, -0.2) is 5.43 Å². The molecule has 0 heterocycles. The van der Waals surface area contributed by atoms with Crippen molar-refractivity contribution in [1.82, 2.24) is 5.43 Å². The molecule has 2 rings (SSSR count). The molecular weight excluding hydrogens is 310 g/mol. The Balaban J connectivity index is 1.99. The summed E-state index contributed by atoms with van der Waals surface area (Å²) in [5.74, 6) is 0.378. The number of benzene rings is 1. The molecule has 4 nitrogen and oxygen atoms in total. The number of hydrazone groups is 1. The van der Waals surface area contributed by atoms with E-state index in [-0.39, 0.29) is 11.9 Å². The first-order valence-corrected chi connectivity index (χ1v) is 8.78. The van der Waals surface area contributed by atoms with Crippen molar-refractivity contribution in [3.8, 4) is 0 Å². The molecule has 1 aromatic rings. The summed E-state index contributed by atoms with van der Waals surface area (Å²) in [6, 6.07) is 5.31. The Kier molecular flexibility index (Phi) is 6.46. The maximum absolute atomic E-state index is 12.4. The van der Waals surface area contributed by atoms with Crippen molar-refractivity contribution < 1.29 is 4.79 Å². The molecule has 0 saturated heterocycles. The predicted molar refractivity (Wildman–Crippen MR) is 97.1 cm³/mol. The van der Waals surface area contributed by atoms with Crippen molar-refractivity contribution in [1.29, 1.82) is 0 Å². The van der Waals surface area contributed by atoms with Crippen LogP contribution in [0.5, 0.6) is 0 Å².